The third-order valence-electron chi connectivity index (χ3n) is 2.40. The van der Waals surface area contributed by atoms with Crippen molar-refractivity contribution >= 4 is 27.5 Å². The fourth-order valence-corrected chi connectivity index (χ4v) is 1.95. The van der Waals surface area contributed by atoms with E-state index >= 15 is 0 Å². The van der Waals surface area contributed by atoms with Crippen molar-refractivity contribution in [3.63, 3.8) is 0 Å². The van der Waals surface area contributed by atoms with Crippen LogP contribution in [0.2, 0.25) is 0 Å². The maximum Gasteiger partial charge on any atom is 0.287 e. The molecule has 0 aliphatic heterocycles. The first-order valence-corrected chi connectivity index (χ1v) is 6.19. The number of pyridine rings is 1. The molecular weight excluding hydrogens is 328 g/mol. The van der Waals surface area contributed by atoms with E-state index in [1.54, 1.807) is 12.1 Å². The Morgan fingerprint density at radius 2 is 2.20 bits per heavy atom. The Balaban J connectivity index is 2.35. The van der Waals surface area contributed by atoms with Crippen LogP contribution in [-0.2, 0) is 0 Å². The quantitative estimate of drug-likeness (QED) is 0.385. The number of nitrogens with one attached hydrogen (secondary N) is 1. The van der Waals surface area contributed by atoms with Crippen molar-refractivity contribution in [1.82, 2.24) is 4.98 Å². The summed E-state index contributed by atoms with van der Waals surface area (Å²) in [5.41, 5.74) is 5.72. The van der Waals surface area contributed by atoms with Gasteiger partial charge in [0.25, 0.3) is 5.69 Å². The van der Waals surface area contributed by atoms with Crippen LogP contribution in [0.25, 0.3) is 0 Å². The van der Waals surface area contributed by atoms with E-state index in [0.29, 0.717) is 5.56 Å². The van der Waals surface area contributed by atoms with Gasteiger partial charge in [-0.15, -0.1) is 0 Å². The van der Waals surface area contributed by atoms with E-state index in [1.165, 1.54) is 24.4 Å². The van der Waals surface area contributed by atoms with Crippen molar-refractivity contribution in [1.29, 1.82) is 5.41 Å². The van der Waals surface area contributed by atoms with Gasteiger partial charge in [0, 0.05) is 23.9 Å². The molecule has 0 saturated carbocycles. The van der Waals surface area contributed by atoms with Crippen LogP contribution in [0, 0.1) is 15.5 Å². The molecule has 1 aromatic carbocycles. The third kappa shape index (κ3) is 2.91. The SMILES string of the molecule is N=C(N)c1ccnc(Oc2cccc([N+](=O)[O-])c2Br)c1. The molecule has 0 bridgehead atoms. The van der Waals surface area contributed by atoms with Gasteiger partial charge in [0.2, 0.25) is 5.88 Å². The maximum atomic E-state index is 10.8. The Morgan fingerprint density at radius 3 is 2.85 bits per heavy atom. The van der Waals surface area contributed by atoms with Crippen LogP contribution in [0.4, 0.5) is 5.69 Å². The van der Waals surface area contributed by atoms with E-state index in [1.807, 2.05) is 0 Å². The minimum atomic E-state index is -0.517. The van der Waals surface area contributed by atoms with Crippen molar-refractivity contribution in [2.45, 2.75) is 0 Å². The summed E-state index contributed by atoms with van der Waals surface area (Å²) in [4.78, 5) is 14.3. The number of nitrogen functional groups attached to an aromatic ring is 1. The fraction of sp³-hybridized carbons (Fsp3) is 0. The first kappa shape index (κ1) is 13.9. The number of ether oxygens (including phenoxy) is 1. The molecule has 102 valence electrons. The smallest absolute Gasteiger partial charge is 0.287 e. The molecule has 0 atom stereocenters. The molecule has 20 heavy (non-hydrogen) atoms. The lowest BCUT2D eigenvalue weighted by Gasteiger charge is -2.07. The van der Waals surface area contributed by atoms with Crippen molar-refractivity contribution < 1.29 is 9.66 Å². The minimum absolute atomic E-state index is 0.106. The predicted molar refractivity (Wildman–Crippen MR) is 76.1 cm³/mol. The van der Waals surface area contributed by atoms with E-state index in [9.17, 15) is 10.1 Å². The van der Waals surface area contributed by atoms with Gasteiger partial charge in [0.1, 0.15) is 10.3 Å². The zero-order valence-electron chi connectivity index (χ0n) is 10.0. The molecule has 1 aromatic heterocycles. The van der Waals surface area contributed by atoms with E-state index in [0.717, 1.165) is 0 Å². The summed E-state index contributed by atoms with van der Waals surface area (Å²) in [6, 6.07) is 7.48. The molecule has 3 N–H and O–H groups in total. The first-order chi connectivity index (χ1) is 9.49. The summed E-state index contributed by atoms with van der Waals surface area (Å²) in [7, 11) is 0. The number of halogens is 1. The summed E-state index contributed by atoms with van der Waals surface area (Å²) in [5, 5.41) is 18.2. The Morgan fingerprint density at radius 1 is 1.45 bits per heavy atom. The minimum Gasteiger partial charge on any atom is -0.438 e. The van der Waals surface area contributed by atoms with Crippen LogP contribution in [0.3, 0.4) is 0 Å². The molecule has 0 amide bonds. The number of hydrogen-bond donors (Lipinski definition) is 2. The summed E-state index contributed by atoms with van der Waals surface area (Å²) in [5.74, 6) is 0.335. The lowest BCUT2D eigenvalue weighted by Crippen LogP contribution is -2.11. The van der Waals surface area contributed by atoms with Crippen LogP contribution < -0.4 is 10.5 Å². The average molecular weight is 337 g/mol. The van der Waals surface area contributed by atoms with Crippen molar-refractivity contribution in [3.05, 3.63) is 56.7 Å². The van der Waals surface area contributed by atoms with Gasteiger partial charge in [-0.05, 0) is 28.1 Å². The Labute approximate surface area is 122 Å². The van der Waals surface area contributed by atoms with Gasteiger partial charge in [-0.25, -0.2) is 4.98 Å². The van der Waals surface area contributed by atoms with Crippen molar-refractivity contribution in [2.24, 2.45) is 5.73 Å². The Hall–Kier alpha value is -2.48. The standard InChI is InChI=1S/C12H9BrN4O3/c13-11-8(17(18)19)2-1-3-9(11)20-10-6-7(12(14)15)4-5-16-10/h1-6H,(H3,14,15). The molecule has 0 aliphatic rings. The summed E-state index contributed by atoms with van der Waals surface area (Å²) in [6.45, 7) is 0. The number of rotatable bonds is 4. The number of nitro benzene ring substituents is 1. The molecule has 1 heterocycles. The largest absolute Gasteiger partial charge is 0.438 e. The number of nitrogens with two attached hydrogens (primary N) is 1. The highest BCUT2D eigenvalue weighted by Gasteiger charge is 2.16. The van der Waals surface area contributed by atoms with Crippen molar-refractivity contribution in [3.8, 4) is 11.6 Å². The van der Waals surface area contributed by atoms with Gasteiger partial charge in [-0.3, -0.25) is 15.5 Å². The maximum absolute atomic E-state index is 10.8. The molecular formula is C12H9BrN4O3. The average Bonchev–Trinajstić information content (AvgIpc) is 2.41. The first-order valence-electron chi connectivity index (χ1n) is 5.40. The number of hydrogen-bond acceptors (Lipinski definition) is 5. The molecule has 0 radical (unpaired) electrons. The van der Waals surface area contributed by atoms with E-state index in [2.05, 4.69) is 20.9 Å². The molecule has 0 aliphatic carbocycles. The summed E-state index contributed by atoms with van der Waals surface area (Å²) in [6.07, 6.45) is 1.44. The topological polar surface area (TPSA) is 115 Å². The second-order valence-electron chi connectivity index (χ2n) is 3.74. The Bertz CT molecular complexity index is 690. The van der Waals surface area contributed by atoms with Gasteiger partial charge < -0.3 is 10.5 Å². The third-order valence-corrected chi connectivity index (χ3v) is 3.20. The van der Waals surface area contributed by atoms with E-state index in [-0.39, 0.29) is 27.6 Å². The predicted octanol–water partition coefficient (Wildman–Crippen LogP) is 2.83. The van der Waals surface area contributed by atoms with Crippen LogP contribution in [-0.4, -0.2) is 15.7 Å². The number of nitro groups is 1. The van der Waals surface area contributed by atoms with Gasteiger partial charge in [0.05, 0.1) is 4.92 Å². The van der Waals surface area contributed by atoms with E-state index in [4.69, 9.17) is 15.9 Å². The molecule has 8 heteroatoms. The van der Waals surface area contributed by atoms with Gasteiger partial charge in [0.15, 0.2) is 5.75 Å². The highest BCUT2D eigenvalue weighted by atomic mass is 79.9. The van der Waals surface area contributed by atoms with Crippen LogP contribution in [0.5, 0.6) is 11.6 Å². The number of benzene rings is 1. The van der Waals surface area contributed by atoms with Gasteiger partial charge >= 0.3 is 0 Å². The van der Waals surface area contributed by atoms with Crippen LogP contribution in [0.15, 0.2) is 41.0 Å². The zero-order chi connectivity index (χ0) is 14.7. The highest BCUT2D eigenvalue weighted by Crippen LogP contribution is 2.35. The highest BCUT2D eigenvalue weighted by molar-refractivity contribution is 9.10. The van der Waals surface area contributed by atoms with E-state index < -0.39 is 4.92 Å². The van der Waals surface area contributed by atoms with Crippen molar-refractivity contribution in [2.75, 3.05) is 0 Å². The Kier molecular flexibility index (Phi) is 3.94. The second kappa shape index (κ2) is 5.66. The molecule has 7 nitrogen and oxygen atoms in total. The lowest BCUT2D eigenvalue weighted by molar-refractivity contribution is -0.385. The van der Waals surface area contributed by atoms with Crippen LogP contribution >= 0.6 is 15.9 Å². The molecule has 2 aromatic rings. The molecule has 0 spiro atoms. The van der Waals surface area contributed by atoms with Gasteiger partial charge in [-0.1, -0.05) is 6.07 Å². The molecule has 2 rings (SSSR count). The number of aromatic nitrogens is 1. The van der Waals surface area contributed by atoms with Gasteiger partial charge in [-0.2, -0.15) is 0 Å². The molecule has 0 saturated heterocycles. The summed E-state index contributed by atoms with van der Waals surface area (Å²) >= 11 is 3.13. The lowest BCUT2D eigenvalue weighted by atomic mass is 10.2. The monoisotopic (exact) mass is 336 g/mol. The second-order valence-corrected chi connectivity index (χ2v) is 4.54. The summed E-state index contributed by atoms with van der Waals surface area (Å²) < 4.78 is 5.70. The number of amidine groups is 1. The fourth-order valence-electron chi connectivity index (χ4n) is 1.46. The molecule has 0 fully saturated rings. The normalized spacial score (nSPS) is 10.1. The van der Waals surface area contributed by atoms with Crippen LogP contribution in [0.1, 0.15) is 5.56 Å². The zero-order valence-corrected chi connectivity index (χ0v) is 11.6. The number of nitrogens with zero attached hydrogens (tertiary/aromatic N) is 2. The molecule has 0 unspecified atom stereocenters.